The minimum Gasteiger partial charge on any atom is -0.497 e. The predicted octanol–water partition coefficient (Wildman–Crippen LogP) is 3.04. The zero-order valence-electron chi connectivity index (χ0n) is 18.0. The smallest absolute Gasteiger partial charge is 0.233 e. The van der Waals surface area contributed by atoms with Gasteiger partial charge in [-0.05, 0) is 44.9 Å². The Hall–Kier alpha value is -2.81. The van der Waals surface area contributed by atoms with Crippen molar-refractivity contribution in [2.75, 3.05) is 26.7 Å². The van der Waals surface area contributed by atoms with Crippen LogP contribution in [-0.4, -0.2) is 63.9 Å². The quantitative estimate of drug-likeness (QED) is 0.412. The number of carbonyl (C=O) groups excluding carboxylic acids is 2. The van der Waals surface area contributed by atoms with Crippen LogP contribution in [0.3, 0.4) is 0 Å². The van der Waals surface area contributed by atoms with Gasteiger partial charge in [-0.3, -0.25) is 14.7 Å². The molecule has 164 valence electrons. The van der Waals surface area contributed by atoms with Gasteiger partial charge in [0.2, 0.25) is 11.8 Å². The number of H-pyrrole nitrogens is 1. The maximum Gasteiger partial charge on any atom is 0.233 e. The Bertz CT molecular complexity index is 1130. The lowest BCUT2D eigenvalue weighted by atomic mass is 10.1. The number of aryl methyl sites for hydroxylation is 1. The van der Waals surface area contributed by atoms with E-state index >= 15 is 0 Å². The van der Waals surface area contributed by atoms with E-state index in [1.165, 1.54) is 11.8 Å². The lowest BCUT2D eigenvalue weighted by molar-refractivity contribution is -0.127. The molecule has 3 heterocycles. The number of aromatic amines is 1. The van der Waals surface area contributed by atoms with Crippen LogP contribution in [0.1, 0.15) is 31.9 Å². The van der Waals surface area contributed by atoms with Crippen LogP contribution in [-0.2, 0) is 9.59 Å². The van der Waals surface area contributed by atoms with Crippen LogP contribution in [0.25, 0.3) is 21.9 Å². The number of hydrogen-bond acceptors (Lipinski definition) is 6. The molecule has 1 atom stereocenters. The lowest BCUT2D eigenvalue weighted by Gasteiger charge is -2.17. The minimum absolute atomic E-state index is 0.0279. The van der Waals surface area contributed by atoms with E-state index in [4.69, 9.17) is 4.74 Å². The maximum absolute atomic E-state index is 12.8. The fourth-order valence-electron chi connectivity index (χ4n) is 3.86. The SMILES string of the molecule is COc1ccc2nc3n[nH]c(C)c3c(SC(C)C(=O)NCCCN3CCCC3=O)c2c1. The molecule has 1 saturated heterocycles. The molecule has 4 rings (SSSR count). The molecule has 0 radical (unpaired) electrons. The monoisotopic (exact) mass is 441 g/mol. The number of methoxy groups -OCH3 is 1. The van der Waals surface area contributed by atoms with Crippen molar-refractivity contribution in [2.45, 2.75) is 43.3 Å². The van der Waals surface area contributed by atoms with Crippen molar-refractivity contribution in [3.05, 3.63) is 23.9 Å². The summed E-state index contributed by atoms with van der Waals surface area (Å²) in [6.45, 7) is 5.94. The molecule has 2 N–H and O–H groups in total. The van der Waals surface area contributed by atoms with E-state index in [9.17, 15) is 9.59 Å². The Morgan fingerprint density at radius 3 is 3.00 bits per heavy atom. The molecule has 31 heavy (non-hydrogen) atoms. The summed E-state index contributed by atoms with van der Waals surface area (Å²) >= 11 is 1.50. The first-order valence-electron chi connectivity index (χ1n) is 10.5. The highest BCUT2D eigenvalue weighted by atomic mass is 32.2. The number of carbonyl (C=O) groups is 2. The Morgan fingerprint density at radius 2 is 2.26 bits per heavy atom. The van der Waals surface area contributed by atoms with Gasteiger partial charge in [-0.25, -0.2) is 4.98 Å². The van der Waals surface area contributed by atoms with E-state index in [-0.39, 0.29) is 17.1 Å². The van der Waals surface area contributed by atoms with Crippen molar-refractivity contribution in [3.8, 4) is 5.75 Å². The van der Waals surface area contributed by atoms with Crippen molar-refractivity contribution in [1.29, 1.82) is 0 Å². The molecular weight excluding hydrogens is 414 g/mol. The van der Waals surface area contributed by atoms with Crippen molar-refractivity contribution in [2.24, 2.45) is 0 Å². The van der Waals surface area contributed by atoms with Crippen LogP contribution >= 0.6 is 11.8 Å². The average Bonchev–Trinajstić information content (AvgIpc) is 3.35. The Labute approximate surface area is 185 Å². The molecule has 2 amide bonds. The number of nitrogens with zero attached hydrogens (tertiary/aromatic N) is 3. The van der Waals surface area contributed by atoms with Gasteiger partial charge in [0.25, 0.3) is 0 Å². The number of fused-ring (bicyclic) bond motifs is 2. The summed E-state index contributed by atoms with van der Waals surface area (Å²) in [4.78, 5) is 31.9. The molecule has 1 aromatic carbocycles. The van der Waals surface area contributed by atoms with Gasteiger partial charge in [-0.15, -0.1) is 11.8 Å². The van der Waals surface area contributed by atoms with Crippen LogP contribution in [0.4, 0.5) is 0 Å². The number of likely N-dealkylation sites (tertiary alicyclic amines) is 1. The number of nitrogens with one attached hydrogen (secondary N) is 2. The van der Waals surface area contributed by atoms with Crippen molar-refractivity contribution in [1.82, 2.24) is 25.4 Å². The number of hydrogen-bond donors (Lipinski definition) is 2. The van der Waals surface area contributed by atoms with Crippen LogP contribution < -0.4 is 10.1 Å². The first-order chi connectivity index (χ1) is 15.0. The van der Waals surface area contributed by atoms with Crippen LogP contribution in [0.5, 0.6) is 5.75 Å². The summed E-state index contributed by atoms with van der Waals surface area (Å²) in [7, 11) is 1.63. The van der Waals surface area contributed by atoms with Crippen LogP contribution in [0.15, 0.2) is 23.1 Å². The van der Waals surface area contributed by atoms with E-state index in [1.807, 2.05) is 36.9 Å². The van der Waals surface area contributed by atoms with E-state index in [0.29, 0.717) is 25.2 Å². The van der Waals surface area contributed by atoms with Gasteiger partial charge in [-0.2, -0.15) is 5.10 Å². The summed E-state index contributed by atoms with van der Waals surface area (Å²) in [6.07, 6.45) is 2.34. The molecule has 9 heteroatoms. The fraction of sp³-hybridized carbons (Fsp3) is 0.455. The predicted molar refractivity (Wildman–Crippen MR) is 121 cm³/mol. The molecule has 1 fully saturated rings. The summed E-state index contributed by atoms with van der Waals surface area (Å²) < 4.78 is 5.40. The van der Waals surface area contributed by atoms with Crippen LogP contribution in [0.2, 0.25) is 0 Å². The molecule has 0 spiro atoms. The number of ether oxygens (including phenoxy) is 1. The molecule has 1 aliphatic rings. The number of aromatic nitrogens is 3. The number of rotatable bonds is 8. The molecule has 3 aromatic rings. The summed E-state index contributed by atoms with van der Waals surface area (Å²) in [6, 6.07) is 5.73. The second-order valence-electron chi connectivity index (χ2n) is 7.76. The third kappa shape index (κ3) is 4.46. The van der Waals surface area contributed by atoms with Gasteiger partial charge in [0.05, 0.1) is 23.3 Å². The number of amides is 2. The number of benzene rings is 1. The zero-order chi connectivity index (χ0) is 22.0. The van der Waals surface area contributed by atoms with Gasteiger partial charge in [0.15, 0.2) is 5.65 Å². The highest BCUT2D eigenvalue weighted by molar-refractivity contribution is 8.01. The molecule has 2 aromatic heterocycles. The van der Waals surface area contributed by atoms with Gasteiger partial charge >= 0.3 is 0 Å². The summed E-state index contributed by atoms with van der Waals surface area (Å²) in [5.74, 6) is 0.930. The van der Waals surface area contributed by atoms with Gasteiger partial charge < -0.3 is 15.0 Å². The van der Waals surface area contributed by atoms with Gasteiger partial charge in [-0.1, -0.05) is 0 Å². The average molecular weight is 442 g/mol. The second kappa shape index (κ2) is 9.13. The zero-order valence-corrected chi connectivity index (χ0v) is 18.8. The normalized spacial score (nSPS) is 15.1. The first-order valence-corrected chi connectivity index (χ1v) is 11.4. The largest absolute Gasteiger partial charge is 0.497 e. The molecule has 0 bridgehead atoms. The summed E-state index contributed by atoms with van der Waals surface area (Å²) in [5.41, 5.74) is 2.36. The van der Waals surface area contributed by atoms with Gasteiger partial charge in [0, 0.05) is 42.0 Å². The van der Waals surface area contributed by atoms with E-state index in [1.54, 1.807) is 7.11 Å². The molecule has 1 unspecified atom stereocenters. The lowest BCUT2D eigenvalue weighted by Crippen LogP contribution is -2.34. The Kier molecular flexibility index (Phi) is 6.31. The first kappa shape index (κ1) is 21.4. The topological polar surface area (TPSA) is 100 Å². The Balaban J connectivity index is 1.48. The standard InChI is InChI=1S/C22H27N5O3S/c1-13-19-20(16-12-15(30-3)7-8-17(16)24-21(19)26-25-13)31-14(2)22(29)23-9-5-11-27-10-4-6-18(27)28/h7-8,12,14H,4-6,9-11H2,1-3H3,(H,23,29)(H,24,25,26). The van der Waals surface area contributed by atoms with Crippen LogP contribution in [0, 0.1) is 6.92 Å². The van der Waals surface area contributed by atoms with Crippen molar-refractivity contribution >= 4 is 45.5 Å². The van der Waals surface area contributed by atoms with Gasteiger partial charge in [0.1, 0.15) is 5.75 Å². The maximum atomic E-state index is 12.8. The van der Waals surface area contributed by atoms with Crippen molar-refractivity contribution in [3.63, 3.8) is 0 Å². The van der Waals surface area contributed by atoms with Crippen molar-refractivity contribution < 1.29 is 14.3 Å². The number of thioether (sulfide) groups is 1. The summed E-state index contributed by atoms with van der Waals surface area (Å²) in [5, 5.41) is 11.9. The molecular formula is C22H27N5O3S. The third-order valence-corrected chi connectivity index (χ3v) is 6.80. The third-order valence-electron chi connectivity index (χ3n) is 5.57. The fourth-order valence-corrected chi connectivity index (χ4v) is 5.05. The number of pyridine rings is 1. The van der Waals surface area contributed by atoms with E-state index in [0.717, 1.165) is 52.0 Å². The molecule has 8 nitrogen and oxygen atoms in total. The highest BCUT2D eigenvalue weighted by Gasteiger charge is 2.22. The molecule has 1 aliphatic heterocycles. The molecule has 0 saturated carbocycles. The van der Waals surface area contributed by atoms with E-state index in [2.05, 4.69) is 20.5 Å². The Morgan fingerprint density at radius 1 is 1.42 bits per heavy atom. The second-order valence-corrected chi connectivity index (χ2v) is 9.11. The van der Waals surface area contributed by atoms with E-state index < -0.39 is 0 Å². The minimum atomic E-state index is -0.303. The molecule has 0 aliphatic carbocycles. The highest BCUT2D eigenvalue weighted by Crippen LogP contribution is 2.38.